The third kappa shape index (κ3) is 3.04. The van der Waals surface area contributed by atoms with Gasteiger partial charge in [-0.05, 0) is 30.0 Å². The summed E-state index contributed by atoms with van der Waals surface area (Å²) in [5.74, 6) is 0.388. The Labute approximate surface area is 122 Å². The number of hydrogen-bond acceptors (Lipinski definition) is 1. The summed E-state index contributed by atoms with van der Waals surface area (Å²) >= 11 is 0. The zero-order chi connectivity index (χ0) is 14.6. The van der Waals surface area contributed by atoms with Crippen LogP contribution in [0.2, 0.25) is 0 Å². The molecule has 0 unspecified atom stereocenters. The van der Waals surface area contributed by atoms with Crippen LogP contribution in [0.25, 0.3) is 0 Å². The van der Waals surface area contributed by atoms with Crippen LogP contribution in [0.15, 0.2) is 48.5 Å². The summed E-state index contributed by atoms with van der Waals surface area (Å²) in [6.07, 6.45) is 3.46. The number of phenols is 1. The van der Waals surface area contributed by atoms with E-state index < -0.39 is 0 Å². The Bertz CT molecular complexity index is 555. The van der Waals surface area contributed by atoms with Crippen molar-refractivity contribution in [2.24, 2.45) is 0 Å². The average molecular weight is 268 g/mol. The largest absolute Gasteiger partial charge is 0.508 e. The molecule has 0 atom stereocenters. The van der Waals surface area contributed by atoms with Crippen molar-refractivity contribution < 1.29 is 5.11 Å². The van der Waals surface area contributed by atoms with E-state index >= 15 is 0 Å². The van der Waals surface area contributed by atoms with Crippen LogP contribution in [0.1, 0.15) is 50.3 Å². The molecule has 0 aliphatic carbocycles. The molecule has 1 heteroatoms. The maximum Gasteiger partial charge on any atom is 0.119 e. The number of aromatic hydroxyl groups is 1. The molecule has 0 heterocycles. The zero-order valence-electron chi connectivity index (χ0n) is 12.7. The van der Waals surface area contributed by atoms with Crippen molar-refractivity contribution in [2.75, 3.05) is 0 Å². The van der Waals surface area contributed by atoms with Crippen LogP contribution in [-0.4, -0.2) is 5.11 Å². The van der Waals surface area contributed by atoms with Gasteiger partial charge in [0.25, 0.3) is 0 Å². The molecule has 0 radical (unpaired) electrons. The highest BCUT2D eigenvalue weighted by molar-refractivity contribution is 5.47. The summed E-state index contributed by atoms with van der Waals surface area (Å²) in [6.45, 7) is 6.54. The van der Waals surface area contributed by atoms with Gasteiger partial charge in [0.2, 0.25) is 0 Å². The van der Waals surface area contributed by atoms with Gasteiger partial charge in [0, 0.05) is 11.0 Å². The van der Waals surface area contributed by atoms with E-state index in [0.29, 0.717) is 5.75 Å². The molecule has 1 nitrogen and oxygen atoms in total. The molecule has 106 valence electrons. The predicted octanol–water partition coefficient (Wildman–Crippen LogP) is 5.06. The topological polar surface area (TPSA) is 20.2 Å². The summed E-state index contributed by atoms with van der Waals surface area (Å²) in [4.78, 5) is 0. The lowest BCUT2D eigenvalue weighted by molar-refractivity contribution is 0.452. The highest BCUT2D eigenvalue weighted by Crippen LogP contribution is 2.37. The SMILES string of the molecule is CCCCc1ccc(O)c(C(C)(C)c2ccccc2)c1. The van der Waals surface area contributed by atoms with Crippen molar-refractivity contribution in [3.05, 3.63) is 65.2 Å². The van der Waals surface area contributed by atoms with E-state index in [-0.39, 0.29) is 5.41 Å². The second-order valence-corrected chi connectivity index (χ2v) is 5.95. The predicted molar refractivity (Wildman–Crippen MR) is 85.3 cm³/mol. The second-order valence-electron chi connectivity index (χ2n) is 5.95. The fourth-order valence-electron chi connectivity index (χ4n) is 2.63. The van der Waals surface area contributed by atoms with Crippen molar-refractivity contribution in [3.8, 4) is 5.75 Å². The van der Waals surface area contributed by atoms with Crippen molar-refractivity contribution in [3.63, 3.8) is 0 Å². The molecule has 2 aromatic carbocycles. The molecule has 0 amide bonds. The van der Waals surface area contributed by atoms with Crippen molar-refractivity contribution in [2.45, 2.75) is 45.4 Å². The summed E-state index contributed by atoms with van der Waals surface area (Å²) in [6, 6.07) is 16.4. The smallest absolute Gasteiger partial charge is 0.119 e. The fraction of sp³-hybridized carbons (Fsp3) is 0.368. The minimum atomic E-state index is -0.187. The summed E-state index contributed by atoms with van der Waals surface area (Å²) in [5.41, 5.74) is 3.36. The van der Waals surface area contributed by atoms with E-state index in [4.69, 9.17) is 0 Å². The maximum absolute atomic E-state index is 10.3. The third-order valence-electron chi connectivity index (χ3n) is 4.05. The normalized spacial score (nSPS) is 11.6. The minimum Gasteiger partial charge on any atom is -0.508 e. The molecule has 0 aliphatic rings. The Morgan fingerprint density at radius 1 is 1.00 bits per heavy atom. The second kappa shape index (κ2) is 6.13. The average Bonchev–Trinajstić information content (AvgIpc) is 2.47. The minimum absolute atomic E-state index is 0.187. The Kier molecular flexibility index (Phi) is 4.49. The summed E-state index contributed by atoms with van der Waals surface area (Å²) in [7, 11) is 0. The first-order valence-corrected chi connectivity index (χ1v) is 7.43. The standard InChI is InChI=1S/C19H24O/c1-4-5-9-15-12-13-18(20)17(14-15)19(2,3)16-10-7-6-8-11-16/h6-8,10-14,20H,4-5,9H2,1-3H3. The van der Waals surface area contributed by atoms with Crippen LogP contribution >= 0.6 is 0 Å². The molecule has 2 aromatic rings. The van der Waals surface area contributed by atoms with Gasteiger partial charge in [0.15, 0.2) is 0 Å². The highest BCUT2D eigenvalue weighted by Gasteiger charge is 2.26. The Morgan fingerprint density at radius 2 is 1.70 bits per heavy atom. The first kappa shape index (κ1) is 14.6. The van der Waals surface area contributed by atoms with Crippen LogP contribution in [0.4, 0.5) is 0 Å². The Morgan fingerprint density at radius 3 is 2.35 bits per heavy atom. The maximum atomic E-state index is 10.3. The molecule has 2 rings (SSSR count). The molecule has 0 aliphatic heterocycles. The molecular weight excluding hydrogens is 244 g/mol. The zero-order valence-corrected chi connectivity index (χ0v) is 12.7. The molecule has 0 fully saturated rings. The van der Waals surface area contributed by atoms with Gasteiger partial charge >= 0.3 is 0 Å². The number of hydrogen-bond donors (Lipinski definition) is 1. The van der Waals surface area contributed by atoms with Crippen LogP contribution < -0.4 is 0 Å². The van der Waals surface area contributed by atoms with Gasteiger partial charge in [-0.25, -0.2) is 0 Å². The van der Waals surface area contributed by atoms with Crippen molar-refractivity contribution in [1.29, 1.82) is 0 Å². The third-order valence-corrected chi connectivity index (χ3v) is 4.05. The van der Waals surface area contributed by atoms with E-state index in [9.17, 15) is 5.11 Å². The number of unbranched alkanes of at least 4 members (excludes halogenated alkanes) is 1. The van der Waals surface area contributed by atoms with E-state index in [0.717, 1.165) is 12.0 Å². The lowest BCUT2D eigenvalue weighted by Gasteiger charge is -2.27. The monoisotopic (exact) mass is 268 g/mol. The molecule has 20 heavy (non-hydrogen) atoms. The number of rotatable bonds is 5. The Balaban J connectivity index is 2.40. The molecule has 0 saturated heterocycles. The fourth-order valence-corrected chi connectivity index (χ4v) is 2.63. The van der Waals surface area contributed by atoms with E-state index in [1.165, 1.54) is 24.0 Å². The summed E-state index contributed by atoms with van der Waals surface area (Å²) < 4.78 is 0. The number of benzene rings is 2. The summed E-state index contributed by atoms with van der Waals surface area (Å²) in [5, 5.41) is 10.3. The quantitative estimate of drug-likeness (QED) is 0.803. The van der Waals surface area contributed by atoms with E-state index in [1.807, 2.05) is 18.2 Å². The van der Waals surface area contributed by atoms with Gasteiger partial charge in [-0.1, -0.05) is 69.7 Å². The van der Waals surface area contributed by atoms with Crippen LogP contribution in [-0.2, 0) is 11.8 Å². The molecule has 0 bridgehead atoms. The van der Waals surface area contributed by atoms with Gasteiger partial charge in [-0.2, -0.15) is 0 Å². The van der Waals surface area contributed by atoms with Crippen LogP contribution in [0, 0.1) is 0 Å². The molecule has 0 saturated carbocycles. The molecular formula is C19H24O. The van der Waals surface area contributed by atoms with Crippen molar-refractivity contribution >= 4 is 0 Å². The van der Waals surface area contributed by atoms with Gasteiger partial charge in [0.1, 0.15) is 5.75 Å². The highest BCUT2D eigenvalue weighted by atomic mass is 16.3. The molecule has 1 N–H and O–H groups in total. The van der Waals surface area contributed by atoms with Gasteiger partial charge in [-0.15, -0.1) is 0 Å². The lowest BCUT2D eigenvalue weighted by Crippen LogP contribution is -2.19. The van der Waals surface area contributed by atoms with E-state index in [1.54, 1.807) is 0 Å². The molecule has 0 aromatic heterocycles. The number of phenolic OH excluding ortho intramolecular Hbond substituents is 1. The lowest BCUT2D eigenvalue weighted by atomic mass is 9.77. The first-order valence-electron chi connectivity index (χ1n) is 7.43. The van der Waals surface area contributed by atoms with E-state index in [2.05, 4.69) is 51.1 Å². The van der Waals surface area contributed by atoms with Crippen molar-refractivity contribution in [1.82, 2.24) is 0 Å². The van der Waals surface area contributed by atoms with Crippen LogP contribution in [0.3, 0.4) is 0 Å². The van der Waals surface area contributed by atoms with Gasteiger partial charge < -0.3 is 5.11 Å². The van der Waals surface area contributed by atoms with Gasteiger partial charge in [0.05, 0.1) is 0 Å². The first-order chi connectivity index (χ1) is 9.55. The van der Waals surface area contributed by atoms with Crippen LogP contribution in [0.5, 0.6) is 5.75 Å². The molecule has 0 spiro atoms. The van der Waals surface area contributed by atoms with Gasteiger partial charge in [-0.3, -0.25) is 0 Å². The Hall–Kier alpha value is -1.76. The number of aryl methyl sites for hydroxylation is 1.